The van der Waals surface area contributed by atoms with Gasteiger partial charge in [0.2, 0.25) is 0 Å². The van der Waals surface area contributed by atoms with Crippen LogP contribution in [0.5, 0.6) is 0 Å². The van der Waals surface area contributed by atoms with Crippen molar-refractivity contribution in [3.8, 4) is 0 Å². The number of rotatable bonds is 0. The topological polar surface area (TPSA) is 25.8 Å². The zero-order valence-corrected chi connectivity index (χ0v) is 7.14. The summed E-state index contributed by atoms with van der Waals surface area (Å²) in [6.45, 7) is 0. The summed E-state index contributed by atoms with van der Waals surface area (Å²) >= 11 is 0. The normalized spacial score (nSPS) is 9.09. The predicted octanol–water partition coefficient (Wildman–Crippen LogP) is 1.63. The molecule has 2 rings (SSSR count). The van der Waals surface area contributed by atoms with Crippen molar-refractivity contribution in [1.82, 2.24) is 10.2 Å². The van der Waals surface area contributed by atoms with E-state index in [0.717, 1.165) is 10.8 Å². The van der Waals surface area contributed by atoms with E-state index in [0.29, 0.717) is 0 Å². The maximum absolute atomic E-state index is 3.76. The third-order valence-corrected chi connectivity index (χ3v) is 1.46. The number of aromatic nitrogens is 2. The Morgan fingerprint density at radius 2 is 1.27 bits per heavy atom. The monoisotopic (exact) mass is 237 g/mol. The van der Waals surface area contributed by atoms with Crippen LogP contribution in [0.2, 0.25) is 0 Å². The zero-order valence-electron chi connectivity index (χ0n) is 5.66. The number of hydrogen-bond acceptors (Lipinski definition) is 2. The molecule has 0 aliphatic heterocycles. The molecule has 1 aromatic carbocycles. The summed E-state index contributed by atoms with van der Waals surface area (Å²) in [5.41, 5.74) is 0. The molecule has 11 heavy (non-hydrogen) atoms. The van der Waals surface area contributed by atoms with Crippen LogP contribution in [-0.4, -0.2) is 10.2 Å². The van der Waals surface area contributed by atoms with Gasteiger partial charge in [-0.05, 0) is 0 Å². The van der Waals surface area contributed by atoms with E-state index >= 15 is 0 Å². The minimum atomic E-state index is 0. The summed E-state index contributed by atoms with van der Waals surface area (Å²) in [6, 6.07) is 8.02. The van der Waals surface area contributed by atoms with Gasteiger partial charge in [-0.15, -0.1) is 0 Å². The molecule has 1 heterocycles. The first-order chi connectivity index (χ1) is 4.97. The van der Waals surface area contributed by atoms with Crippen molar-refractivity contribution < 1.29 is 22.4 Å². The van der Waals surface area contributed by atoms with Gasteiger partial charge in [0, 0.05) is 10.8 Å². The third-order valence-electron chi connectivity index (χ3n) is 1.46. The average molecular weight is 238 g/mol. The van der Waals surface area contributed by atoms with Crippen molar-refractivity contribution in [2.24, 2.45) is 0 Å². The van der Waals surface area contributed by atoms with Crippen LogP contribution in [0.25, 0.3) is 10.8 Å². The second-order valence-corrected chi connectivity index (χ2v) is 2.12. The van der Waals surface area contributed by atoms with Gasteiger partial charge in [-0.25, -0.2) is 0 Å². The van der Waals surface area contributed by atoms with E-state index < -0.39 is 0 Å². The fraction of sp³-hybridized carbons (Fsp3) is 0. The van der Waals surface area contributed by atoms with Crippen LogP contribution >= 0.6 is 0 Å². The molecule has 0 saturated carbocycles. The molecule has 3 heteroatoms. The summed E-state index contributed by atoms with van der Waals surface area (Å²) in [5, 5.41) is 9.80. The molecular formula is C8H6AgN2+. The van der Waals surface area contributed by atoms with Crippen molar-refractivity contribution >= 4 is 10.8 Å². The Hall–Kier alpha value is -0.700. The van der Waals surface area contributed by atoms with E-state index in [1.165, 1.54) is 0 Å². The van der Waals surface area contributed by atoms with E-state index in [1.807, 2.05) is 24.3 Å². The molecule has 0 saturated heterocycles. The second-order valence-electron chi connectivity index (χ2n) is 2.12. The fourth-order valence-corrected chi connectivity index (χ4v) is 0.937. The molecular weight excluding hydrogens is 232 g/mol. The summed E-state index contributed by atoms with van der Waals surface area (Å²) in [6.07, 6.45) is 3.52. The first kappa shape index (κ1) is 8.40. The molecule has 0 radical (unpaired) electrons. The molecule has 0 unspecified atom stereocenters. The van der Waals surface area contributed by atoms with Crippen molar-refractivity contribution in [2.75, 3.05) is 0 Å². The van der Waals surface area contributed by atoms with Crippen molar-refractivity contribution in [2.45, 2.75) is 0 Å². The molecule has 1 aromatic heterocycles. The number of fused-ring (bicyclic) bond motifs is 1. The van der Waals surface area contributed by atoms with Crippen molar-refractivity contribution in [3.05, 3.63) is 36.7 Å². The molecule has 58 valence electrons. The van der Waals surface area contributed by atoms with Crippen molar-refractivity contribution in [3.63, 3.8) is 0 Å². The van der Waals surface area contributed by atoms with Crippen LogP contribution in [0.4, 0.5) is 0 Å². The van der Waals surface area contributed by atoms with Gasteiger partial charge in [-0.1, -0.05) is 24.3 Å². The first-order valence-electron chi connectivity index (χ1n) is 3.12. The minimum absolute atomic E-state index is 0. The Labute approximate surface area is 80.2 Å². The summed E-state index contributed by atoms with van der Waals surface area (Å²) in [5.74, 6) is 0. The van der Waals surface area contributed by atoms with Gasteiger partial charge in [0.05, 0.1) is 12.4 Å². The first-order valence-corrected chi connectivity index (χ1v) is 3.12. The molecule has 0 spiro atoms. The molecule has 0 aliphatic carbocycles. The van der Waals surface area contributed by atoms with Crippen LogP contribution in [-0.2, 0) is 22.4 Å². The van der Waals surface area contributed by atoms with Gasteiger partial charge in [0.25, 0.3) is 0 Å². The molecule has 0 aliphatic rings. The van der Waals surface area contributed by atoms with Gasteiger partial charge < -0.3 is 0 Å². The van der Waals surface area contributed by atoms with Crippen LogP contribution in [0.15, 0.2) is 36.7 Å². The van der Waals surface area contributed by atoms with Crippen LogP contribution in [0.3, 0.4) is 0 Å². The number of nitrogens with zero attached hydrogens (tertiary/aromatic N) is 2. The second kappa shape index (κ2) is 3.62. The third kappa shape index (κ3) is 1.66. The van der Waals surface area contributed by atoms with E-state index in [4.69, 9.17) is 0 Å². The summed E-state index contributed by atoms with van der Waals surface area (Å²) in [4.78, 5) is 0. The number of hydrogen-bond donors (Lipinski definition) is 0. The Morgan fingerprint density at radius 1 is 0.818 bits per heavy atom. The molecule has 2 aromatic rings. The average Bonchev–Trinajstić information content (AvgIpc) is 2.05. The summed E-state index contributed by atoms with van der Waals surface area (Å²) < 4.78 is 0. The number of benzene rings is 1. The minimum Gasteiger partial charge on any atom is -0.158 e. The Morgan fingerprint density at radius 3 is 1.73 bits per heavy atom. The molecule has 0 amide bonds. The quantitative estimate of drug-likeness (QED) is 0.652. The van der Waals surface area contributed by atoms with Gasteiger partial charge in [0.15, 0.2) is 0 Å². The Kier molecular flexibility index (Phi) is 2.77. The predicted molar refractivity (Wildman–Crippen MR) is 39.5 cm³/mol. The maximum Gasteiger partial charge on any atom is 1.00 e. The Balaban J connectivity index is 0.000000605. The fourth-order valence-electron chi connectivity index (χ4n) is 0.937. The maximum atomic E-state index is 3.76. The van der Waals surface area contributed by atoms with E-state index in [-0.39, 0.29) is 22.4 Å². The standard InChI is InChI=1S/C8H6N2.Ag/c1-2-4-8-6-10-9-5-7(8)3-1;/h1-6H;/q;+1. The largest absolute Gasteiger partial charge is 1.00 e. The van der Waals surface area contributed by atoms with Gasteiger partial charge in [-0.2, -0.15) is 10.2 Å². The molecule has 0 atom stereocenters. The van der Waals surface area contributed by atoms with Crippen LogP contribution < -0.4 is 0 Å². The zero-order chi connectivity index (χ0) is 6.81. The van der Waals surface area contributed by atoms with Crippen LogP contribution in [0.1, 0.15) is 0 Å². The van der Waals surface area contributed by atoms with Crippen molar-refractivity contribution in [1.29, 1.82) is 0 Å². The van der Waals surface area contributed by atoms with Gasteiger partial charge in [0.1, 0.15) is 0 Å². The SMILES string of the molecule is [Ag+].c1ccc2cnncc2c1. The molecule has 0 N–H and O–H groups in total. The Bertz CT molecular complexity index is 283. The van der Waals surface area contributed by atoms with Gasteiger partial charge in [-0.3, -0.25) is 0 Å². The van der Waals surface area contributed by atoms with Gasteiger partial charge >= 0.3 is 22.4 Å². The molecule has 2 nitrogen and oxygen atoms in total. The van der Waals surface area contributed by atoms with E-state index in [2.05, 4.69) is 10.2 Å². The van der Waals surface area contributed by atoms with E-state index in [9.17, 15) is 0 Å². The van der Waals surface area contributed by atoms with E-state index in [1.54, 1.807) is 12.4 Å². The smallest absolute Gasteiger partial charge is 0.158 e. The molecule has 0 bridgehead atoms. The molecule has 0 fully saturated rings. The summed E-state index contributed by atoms with van der Waals surface area (Å²) in [7, 11) is 0. The van der Waals surface area contributed by atoms with Crippen LogP contribution in [0, 0.1) is 0 Å².